The number of nitrogens with zero attached hydrogens (tertiary/aromatic N) is 6. The maximum Gasteiger partial charge on any atom is 0.164 e. The maximum atomic E-state index is 5.24. The van der Waals surface area contributed by atoms with Gasteiger partial charge in [-0.15, -0.1) is 0 Å². The largest absolute Gasteiger partial charge is 0.208 e. The first kappa shape index (κ1) is 43.5. The Kier molecular flexibility index (Phi) is 11.9. The van der Waals surface area contributed by atoms with Crippen LogP contribution in [0.1, 0.15) is 0 Å². The van der Waals surface area contributed by atoms with Crippen molar-refractivity contribution in [1.82, 2.24) is 29.9 Å². The molecule has 0 radical (unpaired) electrons. The van der Waals surface area contributed by atoms with Crippen molar-refractivity contribution in [3.8, 4) is 124 Å². The van der Waals surface area contributed by atoms with Crippen molar-refractivity contribution in [1.29, 1.82) is 0 Å². The third-order valence-corrected chi connectivity index (χ3v) is 12.7. The van der Waals surface area contributed by atoms with Crippen molar-refractivity contribution >= 4 is 0 Å². The van der Waals surface area contributed by atoms with E-state index in [1.165, 1.54) is 0 Å². The highest BCUT2D eigenvalue weighted by Gasteiger charge is 2.17. The van der Waals surface area contributed by atoms with Gasteiger partial charge in [0.05, 0.1) is 0 Å². The van der Waals surface area contributed by atoms with Gasteiger partial charge in [0.25, 0.3) is 0 Å². The molecule has 0 aliphatic carbocycles. The van der Waals surface area contributed by atoms with Crippen molar-refractivity contribution in [2.45, 2.75) is 0 Å². The van der Waals surface area contributed by atoms with Gasteiger partial charge in [-0.05, 0) is 98.1 Å². The van der Waals surface area contributed by atoms with E-state index in [4.69, 9.17) is 29.9 Å². The lowest BCUT2D eigenvalue weighted by Crippen LogP contribution is -2.00. The number of benzene rings is 10. The Morgan fingerprint density at radius 2 is 0.306 bits per heavy atom. The van der Waals surface area contributed by atoms with Crippen LogP contribution in [0.4, 0.5) is 0 Å². The molecule has 10 aromatic carbocycles. The Balaban J connectivity index is 0.924. The standard InChI is InChI=1S/C66H44N6/c1-6-20-45(21-7-1)50-30-18-36-56(40-50)65-70-63(49-28-14-5-15-29-49)71-66(72-65)60-43-58(46-22-8-2-9-23-46)42-59(44-60)55-35-17-33-53(39-55)51-31-16-32-52(38-51)54-34-19-37-57(41-54)64-68-61(47-24-10-3-11-25-47)67-62(69-64)48-26-12-4-13-27-48/h1-44H. The van der Waals surface area contributed by atoms with Gasteiger partial charge in [0.1, 0.15) is 0 Å². The molecule has 72 heavy (non-hydrogen) atoms. The van der Waals surface area contributed by atoms with Gasteiger partial charge in [-0.3, -0.25) is 0 Å². The van der Waals surface area contributed by atoms with Crippen molar-refractivity contribution in [3.63, 3.8) is 0 Å². The first-order valence-corrected chi connectivity index (χ1v) is 24.0. The molecule has 12 aromatic rings. The van der Waals surface area contributed by atoms with Gasteiger partial charge in [0.2, 0.25) is 0 Å². The number of rotatable bonds is 11. The minimum Gasteiger partial charge on any atom is -0.208 e. The van der Waals surface area contributed by atoms with Gasteiger partial charge in [-0.25, -0.2) is 29.9 Å². The fourth-order valence-electron chi connectivity index (χ4n) is 9.07. The average Bonchev–Trinajstić information content (AvgIpc) is 3.48. The van der Waals surface area contributed by atoms with Crippen LogP contribution in [0.25, 0.3) is 124 Å². The molecule has 0 aliphatic heterocycles. The van der Waals surface area contributed by atoms with Crippen LogP contribution in [0.15, 0.2) is 267 Å². The molecule has 338 valence electrons. The van der Waals surface area contributed by atoms with Gasteiger partial charge in [-0.2, -0.15) is 0 Å². The Morgan fingerprint density at radius 1 is 0.125 bits per heavy atom. The highest BCUT2D eigenvalue weighted by Crippen LogP contribution is 2.37. The molecule has 6 heteroatoms. The molecule has 0 aliphatic rings. The fraction of sp³-hybridized carbons (Fsp3) is 0. The zero-order chi connectivity index (χ0) is 48.1. The quantitative estimate of drug-likeness (QED) is 0.129. The summed E-state index contributed by atoms with van der Waals surface area (Å²) in [6.45, 7) is 0. The zero-order valence-corrected chi connectivity index (χ0v) is 39.1. The normalized spacial score (nSPS) is 11.1. The van der Waals surface area contributed by atoms with Crippen molar-refractivity contribution < 1.29 is 0 Å². The van der Waals surface area contributed by atoms with E-state index in [0.717, 1.165) is 89.0 Å². The number of aromatic nitrogens is 6. The second-order valence-corrected chi connectivity index (χ2v) is 17.6. The van der Waals surface area contributed by atoms with E-state index in [1.54, 1.807) is 0 Å². The fourth-order valence-corrected chi connectivity index (χ4v) is 9.07. The summed E-state index contributed by atoms with van der Waals surface area (Å²) in [4.78, 5) is 30.4. The van der Waals surface area contributed by atoms with Gasteiger partial charge >= 0.3 is 0 Å². The Bertz CT molecular complexity index is 3790. The molecule has 0 unspecified atom stereocenters. The summed E-state index contributed by atoms with van der Waals surface area (Å²) in [6, 6.07) is 92.2. The van der Waals surface area contributed by atoms with E-state index in [2.05, 4.69) is 164 Å². The monoisotopic (exact) mass is 920 g/mol. The molecular formula is C66H44N6. The van der Waals surface area contributed by atoms with Crippen LogP contribution in [0.5, 0.6) is 0 Å². The minimum atomic E-state index is 0.596. The molecule has 0 bridgehead atoms. The van der Waals surface area contributed by atoms with Crippen LogP contribution in [0.3, 0.4) is 0 Å². The topological polar surface area (TPSA) is 77.3 Å². The third kappa shape index (κ3) is 9.36. The Morgan fingerprint density at radius 3 is 0.653 bits per heavy atom. The van der Waals surface area contributed by atoms with E-state index >= 15 is 0 Å². The molecular weight excluding hydrogens is 877 g/mol. The highest BCUT2D eigenvalue weighted by atomic mass is 15.0. The highest BCUT2D eigenvalue weighted by molar-refractivity contribution is 5.84. The van der Waals surface area contributed by atoms with E-state index < -0.39 is 0 Å². The Labute approximate surface area is 418 Å². The third-order valence-electron chi connectivity index (χ3n) is 12.7. The second-order valence-electron chi connectivity index (χ2n) is 17.6. The van der Waals surface area contributed by atoms with Crippen LogP contribution in [0, 0.1) is 0 Å². The molecule has 12 rings (SSSR count). The van der Waals surface area contributed by atoms with Gasteiger partial charge in [-0.1, -0.05) is 224 Å². The number of hydrogen-bond acceptors (Lipinski definition) is 6. The lowest BCUT2D eigenvalue weighted by atomic mass is 9.93. The van der Waals surface area contributed by atoms with Crippen molar-refractivity contribution in [3.05, 3.63) is 267 Å². The van der Waals surface area contributed by atoms with Gasteiger partial charge in [0.15, 0.2) is 34.9 Å². The molecule has 2 heterocycles. The summed E-state index contributed by atoms with van der Waals surface area (Å²) in [5.74, 6) is 3.70. The van der Waals surface area contributed by atoms with E-state index in [0.29, 0.717) is 34.9 Å². The van der Waals surface area contributed by atoms with Crippen LogP contribution in [-0.4, -0.2) is 29.9 Å². The Hall–Kier alpha value is -9.78. The van der Waals surface area contributed by atoms with Crippen LogP contribution in [0.2, 0.25) is 0 Å². The van der Waals surface area contributed by atoms with Crippen LogP contribution >= 0.6 is 0 Å². The molecule has 0 saturated heterocycles. The van der Waals surface area contributed by atoms with Gasteiger partial charge < -0.3 is 0 Å². The van der Waals surface area contributed by atoms with Gasteiger partial charge in [0, 0.05) is 33.4 Å². The lowest BCUT2D eigenvalue weighted by molar-refractivity contribution is 1.07. The summed E-state index contributed by atoms with van der Waals surface area (Å²) in [7, 11) is 0. The first-order chi connectivity index (χ1) is 35.6. The minimum absolute atomic E-state index is 0.596. The summed E-state index contributed by atoms with van der Waals surface area (Å²) < 4.78 is 0. The average molecular weight is 921 g/mol. The molecule has 0 amide bonds. The summed E-state index contributed by atoms with van der Waals surface area (Å²) in [6.07, 6.45) is 0. The molecule has 0 atom stereocenters. The smallest absolute Gasteiger partial charge is 0.164 e. The molecule has 0 saturated carbocycles. The maximum absolute atomic E-state index is 5.24. The molecule has 0 N–H and O–H groups in total. The summed E-state index contributed by atoms with van der Waals surface area (Å²) >= 11 is 0. The lowest BCUT2D eigenvalue weighted by Gasteiger charge is -2.14. The van der Waals surface area contributed by atoms with Crippen molar-refractivity contribution in [2.24, 2.45) is 0 Å². The molecule has 2 aromatic heterocycles. The van der Waals surface area contributed by atoms with Crippen LogP contribution < -0.4 is 0 Å². The number of hydrogen-bond donors (Lipinski definition) is 0. The predicted molar refractivity (Wildman–Crippen MR) is 293 cm³/mol. The predicted octanol–water partition coefficient (Wildman–Crippen LogP) is 16.4. The second kappa shape index (κ2) is 19.7. The molecule has 6 nitrogen and oxygen atoms in total. The summed E-state index contributed by atoms with van der Waals surface area (Å²) in [5.41, 5.74) is 16.4. The van der Waals surface area contributed by atoms with E-state index in [9.17, 15) is 0 Å². The molecule has 0 spiro atoms. The summed E-state index contributed by atoms with van der Waals surface area (Å²) in [5, 5.41) is 0. The van der Waals surface area contributed by atoms with E-state index in [-0.39, 0.29) is 0 Å². The zero-order valence-electron chi connectivity index (χ0n) is 39.1. The SMILES string of the molecule is c1ccc(-c2cccc(-c3nc(-c4ccccc4)nc(-c4cc(-c5ccccc5)cc(-c5cccc(-c6cccc(-c7cccc(-c8nc(-c9ccccc9)nc(-c9ccccc9)n8)c7)c6)c5)c4)n3)c2)cc1. The van der Waals surface area contributed by atoms with Crippen molar-refractivity contribution in [2.75, 3.05) is 0 Å². The molecule has 0 fully saturated rings. The van der Waals surface area contributed by atoms with E-state index in [1.807, 2.05) is 103 Å². The van der Waals surface area contributed by atoms with Crippen LogP contribution in [-0.2, 0) is 0 Å². The first-order valence-electron chi connectivity index (χ1n) is 24.0.